The number of thiocarbonyl (C=S) groups is 1. The van der Waals surface area contributed by atoms with Crippen LogP contribution in [0.3, 0.4) is 0 Å². The van der Waals surface area contributed by atoms with Crippen molar-refractivity contribution >= 4 is 17.2 Å². The summed E-state index contributed by atoms with van der Waals surface area (Å²) in [6.45, 7) is 0. The number of para-hydroxylation sites is 1. The molecule has 0 bridgehead atoms. The van der Waals surface area contributed by atoms with E-state index in [1.54, 1.807) is 18.3 Å². The molecule has 0 unspecified atom stereocenters. The van der Waals surface area contributed by atoms with Gasteiger partial charge in [0.1, 0.15) is 22.2 Å². The van der Waals surface area contributed by atoms with Crippen molar-refractivity contribution in [3.8, 4) is 11.5 Å². The molecule has 0 aliphatic heterocycles. The minimum absolute atomic E-state index is 0.263. The molecular weight excluding hydrogens is 220 g/mol. The lowest BCUT2D eigenvalue weighted by Crippen LogP contribution is -2.11. The number of benzene rings is 1. The lowest BCUT2D eigenvalue weighted by Gasteiger charge is -2.06. The molecule has 3 nitrogen and oxygen atoms in total. The highest BCUT2D eigenvalue weighted by Crippen LogP contribution is 2.20. The van der Waals surface area contributed by atoms with Gasteiger partial charge in [0, 0.05) is 12.3 Å². The first kappa shape index (κ1) is 10.6. The molecule has 0 fully saturated rings. The molecule has 0 atom stereocenters. The Morgan fingerprint density at radius 2 is 1.88 bits per heavy atom. The van der Waals surface area contributed by atoms with Crippen molar-refractivity contribution in [3.63, 3.8) is 0 Å². The molecule has 2 N–H and O–H groups in total. The van der Waals surface area contributed by atoms with E-state index >= 15 is 0 Å². The molecule has 0 saturated heterocycles. The van der Waals surface area contributed by atoms with Crippen LogP contribution in [0.2, 0.25) is 0 Å². The van der Waals surface area contributed by atoms with Gasteiger partial charge >= 0.3 is 0 Å². The summed E-state index contributed by atoms with van der Waals surface area (Å²) in [7, 11) is 0. The van der Waals surface area contributed by atoms with E-state index in [1.807, 2.05) is 30.3 Å². The van der Waals surface area contributed by atoms with Gasteiger partial charge < -0.3 is 10.5 Å². The third-order valence-corrected chi connectivity index (χ3v) is 2.17. The van der Waals surface area contributed by atoms with Crippen LogP contribution in [0.1, 0.15) is 5.69 Å². The molecule has 0 amide bonds. The number of aromatic nitrogens is 1. The van der Waals surface area contributed by atoms with Crippen LogP contribution < -0.4 is 10.5 Å². The van der Waals surface area contributed by atoms with Gasteiger partial charge in [-0.15, -0.1) is 0 Å². The fraction of sp³-hybridized carbons (Fsp3) is 0. The van der Waals surface area contributed by atoms with Gasteiger partial charge in [-0.25, -0.2) is 0 Å². The second-order valence-corrected chi connectivity index (χ2v) is 3.60. The lowest BCUT2D eigenvalue weighted by molar-refractivity contribution is 0.482. The van der Waals surface area contributed by atoms with Crippen LogP contribution in [0.4, 0.5) is 0 Å². The second-order valence-electron chi connectivity index (χ2n) is 3.16. The maximum Gasteiger partial charge on any atom is 0.131 e. The van der Waals surface area contributed by atoms with E-state index in [0.717, 1.165) is 5.75 Å². The lowest BCUT2D eigenvalue weighted by atomic mass is 10.3. The summed E-state index contributed by atoms with van der Waals surface area (Å²) in [5, 5.41) is 0. The molecule has 2 aromatic rings. The fourth-order valence-corrected chi connectivity index (χ4v) is 1.35. The van der Waals surface area contributed by atoms with Crippen molar-refractivity contribution in [2.75, 3.05) is 0 Å². The summed E-state index contributed by atoms with van der Waals surface area (Å²) in [5.74, 6) is 1.44. The first-order valence-corrected chi connectivity index (χ1v) is 5.15. The van der Waals surface area contributed by atoms with Gasteiger partial charge in [-0.2, -0.15) is 0 Å². The Kier molecular flexibility index (Phi) is 3.12. The number of rotatable bonds is 3. The number of hydrogen-bond acceptors (Lipinski definition) is 3. The van der Waals surface area contributed by atoms with Crippen molar-refractivity contribution in [2.45, 2.75) is 0 Å². The average Bonchev–Trinajstić information content (AvgIpc) is 2.30. The summed E-state index contributed by atoms with van der Waals surface area (Å²) >= 11 is 4.85. The van der Waals surface area contributed by atoms with Crippen molar-refractivity contribution in [2.24, 2.45) is 5.73 Å². The van der Waals surface area contributed by atoms with Crippen LogP contribution in [-0.4, -0.2) is 9.97 Å². The molecule has 1 aromatic heterocycles. The van der Waals surface area contributed by atoms with Gasteiger partial charge in [-0.05, 0) is 18.2 Å². The summed E-state index contributed by atoms with van der Waals surface area (Å²) < 4.78 is 5.61. The van der Waals surface area contributed by atoms with E-state index < -0.39 is 0 Å². The zero-order valence-electron chi connectivity index (χ0n) is 8.46. The average molecular weight is 230 g/mol. The van der Waals surface area contributed by atoms with Gasteiger partial charge in [0.25, 0.3) is 0 Å². The topological polar surface area (TPSA) is 48.1 Å². The third-order valence-electron chi connectivity index (χ3n) is 1.96. The van der Waals surface area contributed by atoms with Gasteiger partial charge in [0.05, 0.1) is 0 Å². The Bertz CT molecular complexity index is 499. The Labute approximate surface area is 98.9 Å². The largest absolute Gasteiger partial charge is 0.457 e. The summed E-state index contributed by atoms with van der Waals surface area (Å²) in [6, 6.07) is 13.0. The minimum atomic E-state index is 0.263. The van der Waals surface area contributed by atoms with Crippen molar-refractivity contribution in [1.82, 2.24) is 4.98 Å². The molecule has 0 spiro atoms. The molecular formula is C12H10N2OS. The van der Waals surface area contributed by atoms with Crippen LogP contribution in [0.15, 0.2) is 48.7 Å². The highest BCUT2D eigenvalue weighted by atomic mass is 32.1. The van der Waals surface area contributed by atoms with Crippen molar-refractivity contribution < 1.29 is 4.74 Å². The molecule has 16 heavy (non-hydrogen) atoms. The van der Waals surface area contributed by atoms with E-state index in [4.69, 9.17) is 22.7 Å². The maximum atomic E-state index is 5.61. The number of ether oxygens (including phenoxy) is 1. The summed E-state index contributed by atoms with van der Waals surface area (Å²) in [5.41, 5.74) is 6.05. The van der Waals surface area contributed by atoms with E-state index in [2.05, 4.69) is 4.98 Å². The Morgan fingerprint density at radius 3 is 2.56 bits per heavy atom. The Balaban J connectivity index is 2.22. The molecule has 0 aliphatic carbocycles. The highest BCUT2D eigenvalue weighted by Gasteiger charge is 2.01. The van der Waals surface area contributed by atoms with Crippen LogP contribution >= 0.6 is 12.2 Å². The van der Waals surface area contributed by atoms with Gasteiger partial charge in [-0.3, -0.25) is 4.98 Å². The highest BCUT2D eigenvalue weighted by molar-refractivity contribution is 7.80. The molecule has 0 radical (unpaired) electrons. The van der Waals surface area contributed by atoms with Crippen molar-refractivity contribution in [1.29, 1.82) is 0 Å². The number of pyridine rings is 1. The summed E-state index contributed by atoms with van der Waals surface area (Å²) in [4.78, 5) is 4.30. The second kappa shape index (κ2) is 4.72. The van der Waals surface area contributed by atoms with Crippen LogP contribution in [-0.2, 0) is 0 Å². The zero-order valence-corrected chi connectivity index (χ0v) is 9.28. The molecule has 0 aliphatic rings. The SMILES string of the molecule is NC(=S)c1cc(Oc2ccccc2)ccn1. The zero-order chi connectivity index (χ0) is 11.4. The van der Waals surface area contributed by atoms with Gasteiger partial charge in [0.15, 0.2) is 0 Å². The predicted octanol–water partition coefficient (Wildman–Crippen LogP) is 2.51. The maximum absolute atomic E-state index is 5.61. The van der Waals surface area contributed by atoms with E-state index in [9.17, 15) is 0 Å². The molecule has 1 aromatic carbocycles. The summed E-state index contributed by atoms with van der Waals surface area (Å²) in [6.07, 6.45) is 1.62. The predicted molar refractivity (Wildman–Crippen MR) is 66.6 cm³/mol. The molecule has 80 valence electrons. The number of hydrogen-bond donors (Lipinski definition) is 1. The van der Waals surface area contributed by atoms with Crippen LogP contribution in [0.25, 0.3) is 0 Å². The van der Waals surface area contributed by atoms with Crippen molar-refractivity contribution in [3.05, 3.63) is 54.4 Å². The minimum Gasteiger partial charge on any atom is -0.457 e. The molecule has 0 saturated carbocycles. The Morgan fingerprint density at radius 1 is 1.12 bits per heavy atom. The molecule has 4 heteroatoms. The van der Waals surface area contributed by atoms with Crippen LogP contribution in [0.5, 0.6) is 11.5 Å². The van der Waals surface area contributed by atoms with Crippen LogP contribution in [0, 0.1) is 0 Å². The quantitative estimate of drug-likeness (QED) is 0.823. The smallest absolute Gasteiger partial charge is 0.131 e. The fourth-order valence-electron chi connectivity index (χ4n) is 1.23. The van der Waals surface area contributed by atoms with Gasteiger partial charge in [-0.1, -0.05) is 30.4 Å². The third kappa shape index (κ3) is 2.55. The first-order valence-electron chi connectivity index (χ1n) is 4.74. The first-order chi connectivity index (χ1) is 7.75. The number of nitrogens with two attached hydrogens (primary N) is 1. The molecule has 1 heterocycles. The number of nitrogens with zero attached hydrogens (tertiary/aromatic N) is 1. The molecule has 2 rings (SSSR count). The standard InChI is InChI=1S/C12H10N2OS/c13-12(16)11-8-10(6-7-14-11)15-9-4-2-1-3-5-9/h1-8H,(H2,13,16). The van der Waals surface area contributed by atoms with E-state index in [-0.39, 0.29) is 4.99 Å². The van der Waals surface area contributed by atoms with E-state index in [0.29, 0.717) is 11.4 Å². The van der Waals surface area contributed by atoms with E-state index in [1.165, 1.54) is 0 Å². The normalized spacial score (nSPS) is 9.75. The Hall–Kier alpha value is -1.94. The monoisotopic (exact) mass is 230 g/mol. The van der Waals surface area contributed by atoms with Gasteiger partial charge in [0.2, 0.25) is 0 Å².